The Labute approximate surface area is 110 Å². The molecule has 3 nitrogen and oxygen atoms in total. The Balaban J connectivity index is 1.77. The molecule has 0 aliphatic carbocycles. The monoisotopic (exact) mass is 261 g/mol. The molecule has 2 N–H and O–H groups in total. The summed E-state index contributed by atoms with van der Waals surface area (Å²) in [5.74, 6) is 1.03. The van der Waals surface area contributed by atoms with Gasteiger partial charge in [-0.2, -0.15) is 0 Å². The van der Waals surface area contributed by atoms with E-state index < -0.39 is 0 Å². The summed E-state index contributed by atoms with van der Waals surface area (Å²) in [7, 11) is 0. The minimum Gasteiger partial charge on any atom is -0.508 e. The van der Waals surface area contributed by atoms with E-state index in [0.29, 0.717) is 12.6 Å². The van der Waals surface area contributed by atoms with Crippen LogP contribution in [0.2, 0.25) is 0 Å². The van der Waals surface area contributed by atoms with Gasteiger partial charge in [-0.3, -0.25) is 5.32 Å². The fraction of sp³-hybridized carbons (Fsp3) is 0.286. The highest BCUT2D eigenvalue weighted by Crippen LogP contribution is 2.36. The number of thiophene rings is 1. The molecule has 94 valence electrons. The van der Waals surface area contributed by atoms with E-state index in [1.807, 2.05) is 6.07 Å². The standard InChI is InChI=1S/C14H15NO2S/c1-9(14-3-2-6-18-14)15-12-8-17-13-7-10(16)4-5-11(12)13/h2-7,9,12,15-16H,8H2,1H3. The van der Waals surface area contributed by atoms with E-state index in [2.05, 4.69) is 29.8 Å². The zero-order valence-corrected chi connectivity index (χ0v) is 10.9. The van der Waals surface area contributed by atoms with Gasteiger partial charge in [0.1, 0.15) is 18.1 Å². The lowest BCUT2D eigenvalue weighted by Crippen LogP contribution is -2.25. The maximum absolute atomic E-state index is 9.42. The second-order valence-electron chi connectivity index (χ2n) is 4.49. The van der Waals surface area contributed by atoms with Gasteiger partial charge in [-0.1, -0.05) is 6.07 Å². The summed E-state index contributed by atoms with van der Waals surface area (Å²) >= 11 is 1.75. The second kappa shape index (κ2) is 4.63. The summed E-state index contributed by atoms with van der Waals surface area (Å²) in [6, 6.07) is 10.0. The number of phenolic OH excluding ortho intramolecular Hbond substituents is 1. The van der Waals surface area contributed by atoms with Crippen LogP contribution in [0, 0.1) is 0 Å². The first kappa shape index (κ1) is 11.6. The maximum atomic E-state index is 9.42. The Kier molecular flexibility index (Phi) is 2.97. The summed E-state index contributed by atoms with van der Waals surface area (Å²) < 4.78 is 5.59. The van der Waals surface area contributed by atoms with E-state index >= 15 is 0 Å². The normalized spacial score (nSPS) is 19.3. The average Bonchev–Trinajstić information content (AvgIpc) is 2.98. The molecule has 0 amide bonds. The van der Waals surface area contributed by atoms with Crippen LogP contribution in [0.25, 0.3) is 0 Å². The van der Waals surface area contributed by atoms with Crippen molar-refractivity contribution < 1.29 is 9.84 Å². The molecule has 2 unspecified atom stereocenters. The molecule has 0 saturated heterocycles. The molecule has 2 atom stereocenters. The third-order valence-corrected chi connectivity index (χ3v) is 4.25. The fourth-order valence-electron chi connectivity index (χ4n) is 2.26. The average molecular weight is 261 g/mol. The molecule has 0 saturated carbocycles. The number of hydrogen-bond acceptors (Lipinski definition) is 4. The van der Waals surface area contributed by atoms with Crippen molar-refractivity contribution in [1.29, 1.82) is 0 Å². The maximum Gasteiger partial charge on any atom is 0.127 e. The third-order valence-electron chi connectivity index (χ3n) is 3.20. The van der Waals surface area contributed by atoms with Crippen LogP contribution in [0.1, 0.15) is 29.4 Å². The van der Waals surface area contributed by atoms with Crippen LogP contribution < -0.4 is 10.1 Å². The Morgan fingerprint density at radius 3 is 3.11 bits per heavy atom. The molecule has 0 fully saturated rings. The predicted molar refractivity (Wildman–Crippen MR) is 72.2 cm³/mol. The van der Waals surface area contributed by atoms with Gasteiger partial charge in [0.15, 0.2) is 0 Å². The first-order chi connectivity index (χ1) is 8.74. The molecule has 1 aliphatic rings. The Hall–Kier alpha value is -1.52. The minimum atomic E-state index is 0.192. The molecule has 2 aromatic rings. The quantitative estimate of drug-likeness (QED) is 0.891. The van der Waals surface area contributed by atoms with E-state index in [4.69, 9.17) is 4.74 Å². The number of phenols is 1. The van der Waals surface area contributed by atoms with Gasteiger partial charge in [0.2, 0.25) is 0 Å². The Bertz CT molecular complexity index is 539. The van der Waals surface area contributed by atoms with Crippen molar-refractivity contribution in [2.24, 2.45) is 0 Å². The van der Waals surface area contributed by atoms with E-state index in [1.54, 1.807) is 23.5 Å². The van der Waals surface area contributed by atoms with E-state index in [1.165, 1.54) is 4.88 Å². The van der Waals surface area contributed by atoms with Crippen LogP contribution in [0.5, 0.6) is 11.5 Å². The molecule has 0 bridgehead atoms. The smallest absolute Gasteiger partial charge is 0.127 e. The van der Waals surface area contributed by atoms with Crippen LogP contribution in [0.15, 0.2) is 35.7 Å². The van der Waals surface area contributed by atoms with Crippen LogP contribution >= 0.6 is 11.3 Å². The predicted octanol–water partition coefficient (Wildman–Crippen LogP) is 3.24. The van der Waals surface area contributed by atoms with Crippen molar-refractivity contribution in [2.75, 3.05) is 6.61 Å². The highest BCUT2D eigenvalue weighted by Gasteiger charge is 2.25. The van der Waals surface area contributed by atoms with E-state index in [0.717, 1.165) is 11.3 Å². The first-order valence-corrected chi connectivity index (χ1v) is 6.87. The lowest BCUT2D eigenvalue weighted by Gasteiger charge is -2.17. The van der Waals surface area contributed by atoms with Crippen LogP contribution in [0.4, 0.5) is 0 Å². The number of fused-ring (bicyclic) bond motifs is 1. The number of benzene rings is 1. The molecule has 1 aromatic carbocycles. The van der Waals surface area contributed by atoms with Crippen molar-refractivity contribution in [3.05, 3.63) is 46.2 Å². The second-order valence-corrected chi connectivity index (χ2v) is 5.47. The molecular weight excluding hydrogens is 246 g/mol. The topological polar surface area (TPSA) is 41.5 Å². The molecule has 1 aliphatic heterocycles. The molecule has 0 radical (unpaired) electrons. The van der Waals surface area contributed by atoms with Gasteiger partial charge < -0.3 is 9.84 Å². The summed E-state index contributed by atoms with van der Waals surface area (Å²) in [5.41, 5.74) is 1.12. The van der Waals surface area contributed by atoms with Crippen LogP contribution in [0.3, 0.4) is 0 Å². The highest BCUT2D eigenvalue weighted by atomic mass is 32.1. The summed E-state index contributed by atoms with van der Waals surface area (Å²) in [5, 5.41) is 15.1. The van der Waals surface area contributed by atoms with E-state index in [9.17, 15) is 5.11 Å². The van der Waals surface area contributed by atoms with Gasteiger partial charge in [-0.15, -0.1) is 11.3 Å². The summed E-state index contributed by atoms with van der Waals surface area (Å²) in [6.07, 6.45) is 0. The Morgan fingerprint density at radius 2 is 2.33 bits per heavy atom. The van der Waals surface area contributed by atoms with Gasteiger partial charge in [0.25, 0.3) is 0 Å². The number of rotatable bonds is 3. The molecule has 3 rings (SSSR count). The van der Waals surface area contributed by atoms with Gasteiger partial charge >= 0.3 is 0 Å². The SMILES string of the molecule is CC(NC1COc2cc(O)ccc21)c1cccs1. The van der Waals surface area contributed by atoms with Crippen molar-refractivity contribution >= 4 is 11.3 Å². The van der Waals surface area contributed by atoms with Gasteiger partial charge in [-0.25, -0.2) is 0 Å². The molecule has 1 aromatic heterocycles. The minimum absolute atomic E-state index is 0.192. The first-order valence-electron chi connectivity index (χ1n) is 5.99. The molecule has 0 spiro atoms. The number of aromatic hydroxyl groups is 1. The zero-order valence-electron chi connectivity index (χ0n) is 10.1. The van der Waals surface area contributed by atoms with Gasteiger partial charge in [-0.05, 0) is 30.5 Å². The van der Waals surface area contributed by atoms with Crippen molar-refractivity contribution in [3.8, 4) is 11.5 Å². The molecule has 18 heavy (non-hydrogen) atoms. The largest absolute Gasteiger partial charge is 0.508 e. The van der Waals surface area contributed by atoms with Crippen LogP contribution in [-0.2, 0) is 0 Å². The van der Waals surface area contributed by atoms with Gasteiger partial charge in [0.05, 0.1) is 6.04 Å². The zero-order chi connectivity index (χ0) is 12.5. The lowest BCUT2D eigenvalue weighted by atomic mass is 10.1. The van der Waals surface area contributed by atoms with Crippen molar-refractivity contribution in [2.45, 2.75) is 19.0 Å². The third kappa shape index (κ3) is 2.09. The Morgan fingerprint density at radius 1 is 1.44 bits per heavy atom. The van der Waals surface area contributed by atoms with Crippen molar-refractivity contribution in [1.82, 2.24) is 5.32 Å². The highest BCUT2D eigenvalue weighted by molar-refractivity contribution is 7.10. The molecular formula is C14H15NO2S. The summed E-state index contributed by atoms with van der Waals surface area (Å²) in [6.45, 7) is 2.78. The number of nitrogens with one attached hydrogen (secondary N) is 1. The fourth-order valence-corrected chi connectivity index (χ4v) is 3.00. The van der Waals surface area contributed by atoms with Gasteiger partial charge in [0, 0.05) is 22.5 Å². The molecule has 4 heteroatoms. The summed E-state index contributed by atoms with van der Waals surface area (Å²) in [4.78, 5) is 1.32. The van der Waals surface area contributed by atoms with Crippen molar-refractivity contribution in [3.63, 3.8) is 0 Å². The molecule has 2 heterocycles. The number of hydrogen-bond donors (Lipinski definition) is 2. The van der Waals surface area contributed by atoms with E-state index in [-0.39, 0.29) is 11.8 Å². The van der Waals surface area contributed by atoms with Crippen LogP contribution in [-0.4, -0.2) is 11.7 Å². The number of ether oxygens (including phenoxy) is 1. The lowest BCUT2D eigenvalue weighted by molar-refractivity contribution is 0.301.